The number of hydrogen-bond acceptors (Lipinski definition) is 2. The minimum Gasteiger partial charge on any atom is -0.318 e. The molecule has 0 bridgehead atoms. The van der Waals surface area contributed by atoms with Gasteiger partial charge in [-0.2, -0.15) is 0 Å². The molecule has 2 amide bonds. The van der Waals surface area contributed by atoms with Crippen LogP contribution in [0.4, 0.5) is 11.4 Å². The molecule has 2 aromatic rings. The summed E-state index contributed by atoms with van der Waals surface area (Å²) in [5.74, 6) is -1.45. The second-order valence-corrected chi connectivity index (χ2v) is 5.55. The Balaban J connectivity index is 2.11. The van der Waals surface area contributed by atoms with E-state index in [1.165, 1.54) is 0 Å². The third kappa shape index (κ3) is 3.65. The van der Waals surface area contributed by atoms with Crippen molar-refractivity contribution in [3.8, 4) is 0 Å². The van der Waals surface area contributed by atoms with Crippen LogP contribution in [0.2, 0.25) is 5.02 Å². The van der Waals surface area contributed by atoms with E-state index in [-0.39, 0.29) is 0 Å². The topological polar surface area (TPSA) is 58.2 Å². The molecule has 5 heteroatoms. The zero-order chi connectivity index (χ0) is 16.3. The summed E-state index contributed by atoms with van der Waals surface area (Å²) >= 11 is 5.99. The quantitative estimate of drug-likeness (QED) is 0.827. The molecule has 0 saturated heterocycles. The first-order valence-electron chi connectivity index (χ1n) is 6.83. The molecule has 2 N–H and O–H groups in total. The van der Waals surface area contributed by atoms with Crippen molar-refractivity contribution in [2.45, 2.75) is 20.8 Å². The number of aryl methyl sites for hydroxylation is 2. The number of halogens is 1. The average Bonchev–Trinajstić information content (AvgIpc) is 2.47. The van der Waals surface area contributed by atoms with Crippen LogP contribution < -0.4 is 10.6 Å². The smallest absolute Gasteiger partial charge is 0.314 e. The number of anilines is 2. The van der Waals surface area contributed by atoms with Gasteiger partial charge in [-0.25, -0.2) is 0 Å². The van der Waals surface area contributed by atoms with Gasteiger partial charge < -0.3 is 10.6 Å². The van der Waals surface area contributed by atoms with Crippen LogP contribution in [-0.4, -0.2) is 11.8 Å². The van der Waals surface area contributed by atoms with Gasteiger partial charge in [0.2, 0.25) is 0 Å². The molecule has 0 radical (unpaired) electrons. The first-order chi connectivity index (χ1) is 10.4. The maximum absolute atomic E-state index is 12.0. The van der Waals surface area contributed by atoms with Crippen LogP contribution in [0.1, 0.15) is 16.7 Å². The molecule has 0 aliphatic heterocycles. The molecule has 0 spiro atoms. The van der Waals surface area contributed by atoms with E-state index in [1.54, 1.807) is 25.1 Å². The summed E-state index contributed by atoms with van der Waals surface area (Å²) in [4.78, 5) is 24.0. The van der Waals surface area contributed by atoms with Crippen molar-refractivity contribution >= 4 is 34.8 Å². The third-order valence-electron chi connectivity index (χ3n) is 3.36. The van der Waals surface area contributed by atoms with E-state index in [2.05, 4.69) is 10.6 Å². The van der Waals surface area contributed by atoms with Crippen LogP contribution in [0.5, 0.6) is 0 Å². The molecule has 2 rings (SSSR count). The van der Waals surface area contributed by atoms with Crippen molar-refractivity contribution in [2.75, 3.05) is 10.6 Å². The zero-order valence-electron chi connectivity index (χ0n) is 12.7. The van der Waals surface area contributed by atoms with E-state index in [4.69, 9.17) is 11.6 Å². The van der Waals surface area contributed by atoms with Gasteiger partial charge in [-0.1, -0.05) is 29.8 Å². The fraction of sp³-hybridized carbons (Fsp3) is 0.176. The Kier molecular flexibility index (Phi) is 4.83. The van der Waals surface area contributed by atoms with Crippen LogP contribution in [0.25, 0.3) is 0 Å². The number of carbonyl (C=O) groups is 2. The van der Waals surface area contributed by atoms with E-state index in [0.29, 0.717) is 16.4 Å². The Morgan fingerprint density at radius 1 is 0.909 bits per heavy atom. The Bertz CT molecular complexity index is 727. The first kappa shape index (κ1) is 16.0. The molecule has 0 fully saturated rings. The normalized spacial score (nSPS) is 10.2. The lowest BCUT2D eigenvalue weighted by Gasteiger charge is -2.11. The molecule has 0 atom stereocenters. The van der Waals surface area contributed by atoms with Gasteiger partial charge in [0.1, 0.15) is 0 Å². The third-order valence-corrected chi connectivity index (χ3v) is 3.77. The minimum atomic E-state index is -0.730. The predicted octanol–water partition coefficient (Wildman–Crippen LogP) is 3.84. The van der Waals surface area contributed by atoms with Gasteiger partial charge in [0, 0.05) is 16.4 Å². The number of carbonyl (C=O) groups excluding carboxylic acids is 2. The summed E-state index contributed by atoms with van der Waals surface area (Å²) in [5.41, 5.74) is 3.77. The summed E-state index contributed by atoms with van der Waals surface area (Å²) in [6.45, 7) is 5.57. The molecule has 0 aliphatic rings. The average molecular weight is 317 g/mol. The minimum absolute atomic E-state index is 0.522. The molecule has 114 valence electrons. The fourth-order valence-corrected chi connectivity index (χ4v) is 2.15. The van der Waals surface area contributed by atoms with Crippen molar-refractivity contribution in [1.82, 2.24) is 0 Å². The standard InChI is InChI=1S/C17H17ClN2O2/c1-10-7-8-11(2)15(9-10)20-17(22)16(21)19-14-6-4-5-13(18)12(14)3/h4-9H,1-3H3,(H,19,21)(H,20,22). The highest BCUT2D eigenvalue weighted by molar-refractivity contribution is 6.44. The van der Waals surface area contributed by atoms with Crippen LogP contribution in [0.3, 0.4) is 0 Å². The lowest BCUT2D eigenvalue weighted by atomic mass is 10.1. The SMILES string of the molecule is Cc1ccc(C)c(NC(=O)C(=O)Nc2cccc(Cl)c2C)c1. The lowest BCUT2D eigenvalue weighted by Crippen LogP contribution is -2.29. The second kappa shape index (κ2) is 6.62. The van der Waals surface area contributed by atoms with E-state index in [9.17, 15) is 9.59 Å². The highest BCUT2D eigenvalue weighted by Gasteiger charge is 2.16. The van der Waals surface area contributed by atoms with Crippen LogP contribution in [0.15, 0.2) is 36.4 Å². The number of benzene rings is 2. The van der Waals surface area contributed by atoms with Gasteiger partial charge >= 0.3 is 11.8 Å². The number of rotatable bonds is 2. The van der Waals surface area contributed by atoms with Gasteiger partial charge in [0.15, 0.2) is 0 Å². The largest absolute Gasteiger partial charge is 0.318 e. The van der Waals surface area contributed by atoms with Crippen molar-refractivity contribution in [3.05, 3.63) is 58.1 Å². The maximum atomic E-state index is 12.0. The van der Waals surface area contributed by atoms with Gasteiger partial charge in [-0.05, 0) is 55.7 Å². The summed E-state index contributed by atoms with van der Waals surface area (Å²) in [5, 5.41) is 5.73. The highest BCUT2D eigenvalue weighted by atomic mass is 35.5. The summed E-state index contributed by atoms with van der Waals surface area (Å²) in [7, 11) is 0. The number of hydrogen-bond donors (Lipinski definition) is 2. The van der Waals surface area contributed by atoms with Gasteiger partial charge in [-0.15, -0.1) is 0 Å². The number of nitrogens with one attached hydrogen (secondary N) is 2. The lowest BCUT2D eigenvalue weighted by molar-refractivity contribution is -0.133. The summed E-state index contributed by atoms with van der Waals surface area (Å²) < 4.78 is 0. The van der Waals surface area contributed by atoms with Crippen molar-refractivity contribution in [3.63, 3.8) is 0 Å². The van der Waals surface area contributed by atoms with Gasteiger partial charge in [-0.3, -0.25) is 9.59 Å². The molecule has 0 aliphatic carbocycles. The van der Waals surface area contributed by atoms with Crippen molar-refractivity contribution in [1.29, 1.82) is 0 Å². The molecule has 0 aromatic heterocycles. The highest BCUT2D eigenvalue weighted by Crippen LogP contribution is 2.23. The predicted molar refractivity (Wildman–Crippen MR) is 89.4 cm³/mol. The Hall–Kier alpha value is -2.33. The van der Waals surface area contributed by atoms with E-state index in [1.807, 2.05) is 32.0 Å². The van der Waals surface area contributed by atoms with Crippen molar-refractivity contribution < 1.29 is 9.59 Å². The Morgan fingerprint density at radius 3 is 2.23 bits per heavy atom. The first-order valence-corrected chi connectivity index (χ1v) is 7.21. The molecular formula is C17H17ClN2O2. The van der Waals surface area contributed by atoms with Crippen LogP contribution in [0, 0.1) is 20.8 Å². The molecule has 4 nitrogen and oxygen atoms in total. The Labute approximate surface area is 134 Å². The van der Waals surface area contributed by atoms with Gasteiger partial charge in [0.25, 0.3) is 0 Å². The van der Waals surface area contributed by atoms with E-state index in [0.717, 1.165) is 16.7 Å². The van der Waals surface area contributed by atoms with Crippen LogP contribution in [-0.2, 0) is 9.59 Å². The molecule has 0 unspecified atom stereocenters. The second-order valence-electron chi connectivity index (χ2n) is 5.14. The Morgan fingerprint density at radius 2 is 1.55 bits per heavy atom. The zero-order valence-corrected chi connectivity index (χ0v) is 13.4. The van der Waals surface area contributed by atoms with E-state index < -0.39 is 11.8 Å². The fourth-order valence-electron chi connectivity index (χ4n) is 1.97. The van der Waals surface area contributed by atoms with Gasteiger partial charge in [0.05, 0.1) is 0 Å². The van der Waals surface area contributed by atoms with Crippen molar-refractivity contribution in [2.24, 2.45) is 0 Å². The molecular weight excluding hydrogens is 300 g/mol. The molecule has 2 aromatic carbocycles. The van der Waals surface area contributed by atoms with Crippen LogP contribution >= 0.6 is 11.6 Å². The molecule has 0 saturated carbocycles. The monoisotopic (exact) mass is 316 g/mol. The summed E-state index contributed by atoms with van der Waals surface area (Å²) in [6.07, 6.45) is 0. The maximum Gasteiger partial charge on any atom is 0.314 e. The summed E-state index contributed by atoms with van der Waals surface area (Å²) in [6, 6.07) is 10.8. The number of amides is 2. The molecule has 0 heterocycles. The molecule has 22 heavy (non-hydrogen) atoms. The van der Waals surface area contributed by atoms with E-state index >= 15 is 0 Å².